The Balaban J connectivity index is 2.78. The minimum absolute atomic E-state index is 0.0914. The molecule has 92 valence electrons. The van der Waals surface area contributed by atoms with Gasteiger partial charge >= 0.3 is 0 Å². The molecule has 3 nitrogen and oxygen atoms in total. The van der Waals surface area contributed by atoms with Crippen LogP contribution in [0.4, 0.5) is 0 Å². The van der Waals surface area contributed by atoms with E-state index in [0.717, 1.165) is 21.6 Å². The van der Waals surface area contributed by atoms with Gasteiger partial charge in [0.25, 0.3) is 0 Å². The summed E-state index contributed by atoms with van der Waals surface area (Å²) < 4.78 is 23.7. The zero-order valence-electron chi connectivity index (χ0n) is 9.36. The number of nitrogens with one attached hydrogen (secondary N) is 1. The lowest BCUT2D eigenvalue weighted by atomic mass is 10.2. The van der Waals surface area contributed by atoms with Crippen LogP contribution in [0.15, 0.2) is 15.9 Å². The van der Waals surface area contributed by atoms with E-state index in [1.807, 2.05) is 12.1 Å². The van der Waals surface area contributed by atoms with Gasteiger partial charge in [-0.1, -0.05) is 6.92 Å². The zero-order chi connectivity index (χ0) is 12.2. The predicted octanol–water partition coefficient (Wildman–Crippen LogP) is 2.60. The highest BCUT2D eigenvalue weighted by molar-refractivity contribution is 9.11. The van der Waals surface area contributed by atoms with Crippen LogP contribution in [0.2, 0.25) is 0 Å². The summed E-state index contributed by atoms with van der Waals surface area (Å²) in [5.74, 6) is 0.153. The molecule has 16 heavy (non-hydrogen) atoms. The van der Waals surface area contributed by atoms with Gasteiger partial charge in [0.1, 0.15) is 9.84 Å². The summed E-state index contributed by atoms with van der Waals surface area (Å²) in [6.45, 7) is 2.89. The summed E-state index contributed by atoms with van der Waals surface area (Å²) >= 11 is 4.97. The molecule has 1 N–H and O–H groups in total. The van der Waals surface area contributed by atoms with Gasteiger partial charge in [0.2, 0.25) is 0 Å². The molecule has 0 saturated carbocycles. The third-order valence-corrected chi connectivity index (χ3v) is 4.72. The molecule has 0 aliphatic heterocycles. The maximum atomic E-state index is 11.3. The van der Waals surface area contributed by atoms with Crippen LogP contribution in [0.1, 0.15) is 24.3 Å². The summed E-state index contributed by atoms with van der Waals surface area (Å²) in [5, 5.41) is 3.27. The summed E-state index contributed by atoms with van der Waals surface area (Å²) in [4.78, 5) is 1.06. The minimum Gasteiger partial charge on any atom is -0.308 e. The van der Waals surface area contributed by atoms with E-state index in [1.54, 1.807) is 11.3 Å². The molecule has 0 radical (unpaired) electrons. The molecule has 6 heteroatoms. The zero-order valence-corrected chi connectivity index (χ0v) is 12.6. The number of hydrogen-bond donors (Lipinski definition) is 1. The Morgan fingerprint density at radius 2 is 2.19 bits per heavy atom. The molecule has 1 atom stereocenters. The van der Waals surface area contributed by atoms with Crippen LogP contribution in [0.5, 0.6) is 0 Å². The molecular weight excluding hydrogens is 310 g/mol. The Morgan fingerprint density at radius 1 is 1.50 bits per heavy atom. The average Bonchev–Trinajstić information content (AvgIpc) is 2.57. The normalized spacial score (nSPS) is 13.9. The highest BCUT2D eigenvalue weighted by Crippen LogP contribution is 2.28. The molecule has 1 rings (SSSR count). The van der Waals surface area contributed by atoms with Crippen molar-refractivity contribution in [3.8, 4) is 0 Å². The molecule has 0 aliphatic rings. The van der Waals surface area contributed by atoms with Crippen molar-refractivity contribution in [2.75, 3.05) is 18.6 Å². The fourth-order valence-electron chi connectivity index (χ4n) is 1.38. The number of sulfone groups is 1. The first-order chi connectivity index (χ1) is 7.42. The Labute approximate surface area is 109 Å². The van der Waals surface area contributed by atoms with Crippen LogP contribution in [-0.2, 0) is 9.84 Å². The third-order valence-electron chi connectivity index (χ3n) is 2.05. The summed E-state index contributed by atoms with van der Waals surface area (Å²) in [7, 11) is -2.96. The van der Waals surface area contributed by atoms with Crippen molar-refractivity contribution in [1.82, 2.24) is 5.32 Å². The van der Waals surface area contributed by atoms with Crippen molar-refractivity contribution in [2.24, 2.45) is 0 Å². The second-order valence-corrected chi connectivity index (χ2v) is 8.42. The average molecular weight is 326 g/mol. The quantitative estimate of drug-likeness (QED) is 0.874. The van der Waals surface area contributed by atoms with Gasteiger partial charge in [0.05, 0.1) is 15.6 Å². The fourth-order valence-corrected chi connectivity index (χ4v) is 3.89. The highest BCUT2D eigenvalue weighted by Gasteiger charge is 2.18. The lowest BCUT2D eigenvalue weighted by Gasteiger charge is -2.15. The maximum Gasteiger partial charge on any atom is 0.149 e. The number of hydrogen-bond acceptors (Lipinski definition) is 4. The molecule has 0 fully saturated rings. The smallest absolute Gasteiger partial charge is 0.149 e. The summed E-state index contributed by atoms with van der Waals surface area (Å²) in [6, 6.07) is 3.82. The van der Waals surface area contributed by atoms with Crippen molar-refractivity contribution >= 4 is 37.1 Å². The molecule has 0 saturated heterocycles. The molecule has 0 aliphatic carbocycles. The van der Waals surface area contributed by atoms with Crippen molar-refractivity contribution in [2.45, 2.75) is 19.4 Å². The van der Waals surface area contributed by atoms with Crippen LogP contribution in [0.3, 0.4) is 0 Å². The Kier molecular flexibility index (Phi) is 5.43. The van der Waals surface area contributed by atoms with E-state index < -0.39 is 9.84 Å². The van der Waals surface area contributed by atoms with Crippen LogP contribution < -0.4 is 5.32 Å². The van der Waals surface area contributed by atoms with Crippen LogP contribution in [-0.4, -0.2) is 27.0 Å². The van der Waals surface area contributed by atoms with E-state index in [9.17, 15) is 8.42 Å². The van der Waals surface area contributed by atoms with Crippen molar-refractivity contribution in [3.05, 3.63) is 20.8 Å². The maximum absolute atomic E-state index is 11.3. The Morgan fingerprint density at radius 3 is 2.62 bits per heavy atom. The van der Waals surface area contributed by atoms with Gasteiger partial charge < -0.3 is 5.32 Å². The van der Waals surface area contributed by atoms with E-state index in [0.29, 0.717) is 0 Å². The number of halogens is 1. The van der Waals surface area contributed by atoms with Gasteiger partial charge in [-0.25, -0.2) is 8.42 Å². The van der Waals surface area contributed by atoms with E-state index in [4.69, 9.17) is 0 Å². The van der Waals surface area contributed by atoms with Gasteiger partial charge in [-0.2, -0.15) is 0 Å². The molecule has 1 aromatic rings. The molecule has 0 bridgehead atoms. The molecule has 0 aromatic carbocycles. The van der Waals surface area contributed by atoms with Gasteiger partial charge in [0, 0.05) is 11.1 Å². The Bertz CT molecular complexity index is 428. The van der Waals surface area contributed by atoms with Gasteiger partial charge in [0.15, 0.2) is 0 Å². The van der Waals surface area contributed by atoms with Crippen molar-refractivity contribution in [1.29, 1.82) is 0 Å². The van der Waals surface area contributed by atoms with E-state index in [-0.39, 0.29) is 11.8 Å². The number of rotatable bonds is 6. The van der Waals surface area contributed by atoms with Crippen molar-refractivity contribution in [3.63, 3.8) is 0 Å². The van der Waals surface area contributed by atoms with Crippen LogP contribution >= 0.6 is 27.3 Å². The lowest BCUT2D eigenvalue weighted by Crippen LogP contribution is -2.27. The van der Waals surface area contributed by atoms with Gasteiger partial charge in [-0.05, 0) is 41.0 Å². The molecular formula is C10H16BrNO2S2. The molecule has 1 heterocycles. The topological polar surface area (TPSA) is 46.2 Å². The largest absolute Gasteiger partial charge is 0.308 e. The first-order valence-corrected chi connectivity index (χ1v) is 8.75. The van der Waals surface area contributed by atoms with Crippen LogP contribution in [0.25, 0.3) is 0 Å². The van der Waals surface area contributed by atoms with Crippen LogP contribution in [0, 0.1) is 0 Å². The second-order valence-electron chi connectivity index (χ2n) is 3.74. The van der Waals surface area contributed by atoms with Crippen molar-refractivity contribution < 1.29 is 8.42 Å². The SMILES string of the molecule is CCCNC(CS(C)(=O)=O)c1ccc(Br)s1. The minimum atomic E-state index is -2.96. The first kappa shape index (κ1) is 14.2. The number of thiophene rings is 1. The van der Waals surface area contributed by atoms with Gasteiger partial charge in [-0.15, -0.1) is 11.3 Å². The molecule has 0 amide bonds. The monoisotopic (exact) mass is 325 g/mol. The lowest BCUT2D eigenvalue weighted by molar-refractivity contribution is 0.554. The second kappa shape index (κ2) is 6.14. The third kappa shape index (κ3) is 4.95. The predicted molar refractivity (Wildman–Crippen MR) is 72.8 cm³/mol. The molecule has 1 aromatic heterocycles. The summed E-state index contributed by atoms with van der Waals surface area (Å²) in [6.07, 6.45) is 2.27. The molecule has 1 unspecified atom stereocenters. The Hall–Kier alpha value is 0.0900. The summed E-state index contributed by atoms with van der Waals surface area (Å²) in [5.41, 5.74) is 0. The van der Waals surface area contributed by atoms with E-state index >= 15 is 0 Å². The fraction of sp³-hybridized carbons (Fsp3) is 0.600. The van der Waals surface area contributed by atoms with Gasteiger partial charge in [-0.3, -0.25) is 0 Å². The molecule has 0 spiro atoms. The standard InChI is InChI=1S/C10H16BrNO2S2/c1-3-6-12-8(7-16(2,13)14)9-4-5-10(11)15-9/h4-5,8,12H,3,6-7H2,1-2H3. The van der Waals surface area contributed by atoms with E-state index in [2.05, 4.69) is 28.2 Å². The first-order valence-electron chi connectivity index (χ1n) is 5.08. The highest BCUT2D eigenvalue weighted by atomic mass is 79.9. The van der Waals surface area contributed by atoms with E-state index in [1.165, 1.54) is 6.26 Å².